The maximum atomic E-state index is 9.86. The Balaban J connectivity index is 2.16. The Morgan fingerprint density at radius 3 is 2.75 bits per heavy atom. The van der Waals surface area contributed by atoms with Gasteiger partial charge in [0.05, 0.1) is 5.69 Å². The fourth-order valence-corrected chi connectivity index (χ4v) is 1.96. The van der Waals surface area contributed by atoms with Gasteiger partial charge in [0.25, 0.3) is 0 Å². The zero-order valence-corrected chi connectivity index (χ0v) is 8.60. The number of aromatic hydroxyl groups is 1. The summed E-state index contributed by atoms with van der Waals surface area (Å²) < 4.78 is 5.70. The molecule has 0 aliphatic carbocycles. The van der Waals surface area contributed by atoms with Gasteiger partial charge in [0.2, 0.25) is 0 Å². The van der Waals surface area contributed by atoms with Gasteiger partial charge in [-0.3, -0.25) is 0 Å². The molecule has 3 rings (SSSR count). The number of rotatable bonds is 0. The van der Waals surface area contributed by atoms with Gasteiger partial charge in [-0.25, -0.2) is 0 Å². The van der Waals surface area contributed by atoms with Crippen molar-refractivity contribution in [1.82, 2.24) is 0 Å². The molecule has 0 bridgehead atoms. The molecule has 0 atom stereocenters. The molecule has 2 aromatic rings. The van der Waals surface area contributed by atoms with Crippen LogP contribution < -0.4 is 10.5 Å². The molecule has 3 N–H and O–H groups in total. The molecular formula is C13H11NO2. The Bertz CT molecular complexity index is 564. The van der Waals surface area contributed by atoms with E-state index < -0.39 is 0 Å². The molecule has 0 spiro atoms. The number of benzene rings is 2. The van der Waals surface area contributed by atoms with E-state index in [-0.39, 0.29) is 5.75 Å². The second-order valence-electron chi connectivity index (χ2n) is 3.87. The molecule has 0 aromatic heterocycles. The third-order valence-electron chi connectivity index (χ3n) is 2.83. The van der Waals surface area contributed by atoms with Crippen LogP contribution in [0.5, 0.6) is 17.2 Å². The highest BCUT2D eigenvalue weighted by Gasteiger charge is 2.20. The summed E-state index contributed by atoms with van der Waals surface area (Å²) in [6, 6.07) is 11.2. The second-order valence-corrected chi connectivity index (χ2v) is 3.87. The first-order valence-corrected chi connectivity index (χ1v) is 5.12. The lowest BCUT2D eigenvalue weighted by molar-refractivity contribution is 0.434. The van der Waals surface area contributed by atoms with E-state index in [4.69, 9.17) is 10.5 Å². The molecule has 2 aromatic carbocycles. The van der Waals surface area contributed by atoms with E-state index in [0.717, 1.165) is 16.9 Å². The summed E-state index contributed by atoms with van der Waals surface area (Å²) in [5.74, 6) is 1.66. The summed E-state index contributed by atoms with van der Waals surface area (Å²) in [5.41, 5.74) is 7.88. The first-order valence-electron chi connectivity index (χ1n) is 5.12. The van der Waals surface area contributed by atoms with Crippen LogP contribution >= 0.6 is 0 Å². The normalized spacial score (nSPS) is 12.5. The summed E-state index contributed by atoms with van der Waals surface area (Å²) in [4.78, 5) is 0. The van der Waals surface area contributed by atoms with Crippen molar-refractivity contribution in [2.45, 2.75) is 6.42 Å². The van der Waals surface area contributed by atoms with Gasteiger partial charge in [0, 0.05) is 12.0 Å². The van der Waals surface area contributed by atoms with Crippen molar-refractivity contribution < 1.29 is 9.84 Å². The third kappa shape index (κ3) is 1.21. The van der Waals surface area contributed by atoms with Crippen LogP contribution in [0.15, 0.2) is 36.4 Å². The van der Waals surface area contributed by atoms with E-state index in [1.807, 2.05) is 24.3 Å². The Kier molecular flexibility index (Phi) is 1.80. The topological polar surface area (TPSA) is 55.5 Å². The van der Waals surface area contributed by atoms with E-state index in [1.165, 1.54) is 0 Å². The maximum absolute atomic E-state index is 9.86. The van der Waals surface area contributed by atoms with Crippen LogP contribution in [0.1, 0.15) is 11.1 Å². The average molecular weight is 213 g/mol. The fraction of sp³-hybridized carbons (Fsp3) is 0.0769. The van der Waals surface area contributed by atoms with Gasteiger partial charge in [-0.2, -0.15) is 0 Å². The van der Waals surface area contributed by atoms with Crippen LogP contribution in [-0.4, -0.2) is 5.11 Å². The second kappa shape index (κ2) is 3.17. The average Bonchev–Trinajstić information content (AvgIpc) is 2.32. The molecule has 1 aliphatic heterocycles. The van der Waals surface area contributed by atoms with Gasteiger partial charge in [0.15, 0.2) is 0 Å². The van der Waals surface area contributed by atoms with Crippen LogP contribution in [0.25, 0.3) is 0 Å². The van der Waals surface area contributed by atoms with Crippen molar-refractivity contribution in [3.63, 3.8) is 0 Å². The molecule has 80 valence electrons. The van der Waals surface area contributed by atoms with E-state index in [1.54, 1.807) is 12.1 Å². The van der Waals surface area contributed by atoms with Crippen molar-refractivity contribution >= 4 is 5.69 Å². The minimum Gasteiger partial charge on any atom is -0.505 e. The Morgan fingerprint density at radius 2 is 1.88 bits per heavy atom. The quantitative estimate of drug-likeness (QED) is 0.446. The van der Waals surface area contributed by atoms with Crippen molar-refractivity contribution in [2.75, 3.05) is 5.73 Å². The number of fused-ring (bicyclic) bond motifs is 2. The third-order valence-corrected chi connectivity index (χ3v) is 2.83. The smallest absolute Gasteiger partial charge is 0.145 e. The number of phenolic OH excluding ortho intramolecular Hbond substituents is 1. The number of para-hydroxylation sites is 1. The van der Waals surface area contributed by atoms with E-state index in [9.17, 15) is 5.11 Å². The zero-order valence-electron chi connectivity index (χ0n) is 8.60. The highest BCUT2D eigenvalue weighted by Crippen LogP contribution is 2.42. The Hall–Kier alpha value is -2.16. The van der Waals surface area contributed by atoms with Crippen LogP contribution in [0, 0.1) is 0 Å². The molecule has 0 unspecified atom stereocenters. The summed E-state index contributed by atoms with van der Waals surface area (Å²) in [5, 5.41) is 9.86. The van der Waals surface area contributed by atoms with E-state index in [2.05, 4.69) is 0 Å². The van der Waals surface area contributed by atoms with Gasteiger partial charge in [-0.1, -0.05) is 18.2 Å². The fourth-order valence-electron chi connectivity index (χ4n) is 1.96. The van der Waals surface area contributed by atoms with Crippen molar-refractivity contribution in [3.05, 3.63) is 47.5 Å². The predicted molar refractivity (Wildman–Crippen MR) is 61.8 cm³/mol. The van der Waals surface area contributed by atoms with E-state index in [0.29, 0.717) is 17.9 Å². The lowest BCUT2D eigenvalue weighted by Gasteiger charge is -2.21. The van der Waals surface area contributed by atoms with Crippen molar-refractivity contribution in [1.29, 1.82) is 0 Å². The molecule has 3 heteroatoms. The standard InChI is InChI=1S/C13H11NO2/c14-10-5-6-12-9(13(10)15)7-8-3-1-2-4-11(8)16-12/h1-6,15H,7,14H2. The predicted octanol–water partition coefficient (Wildman–Crippen LogP) is 2.67. The first-order chi connectivity index (χ1) is 7.75. The Labute approximate surface area is 93.1 Å². The summed E-state index contributed by atoms with van der Waals surface area (Å²) in [6.45, 7) is 0. The molecule has 0 radical (unpaired) electrons. The number of anilines is 1. The number of hydrogen-bond acceptors (Lipinski definition) is 3. The van der Waals surface area contributed by atoms with E-state index >= 15 is 0 Å². The van der Waals surface area contributed by atoms with Gasteiger partial charge in [-0.15, -0.1) is 0 Å². The molecule has 3 nitrogen and oxygen atoms in total. The van der Waals surface area contributed by atoms with Gasteiger partial charge in [-0.05, 0) is 23.8 Å². The largest absolute Gasteiger partial charge is 0.505 e. The molecule has 16 heavy (non-hydrogen) atoms. The first kappa shape index (κ1) is 9.09. The molecule has 0 amide bonds. The van der Waals surface area contributed by atoms with Crippen LogP contribution in [0.2, 0.25) is 0 Å². The van der Waals surface area contributed by atoms with Gasteiger partial charge in [0.1, 0.15) is 17.2 Å². The monoisotopic (exact) mass is 213 g/mol. The summed E-state index contributed by atoms with van der Waals surface area (Å²) in [6.07, 6.45) is 0.655. The van der Waals surface area contributed by atoms with Crippen molar-refractivity contribution in [2.24, 2.45) is 0 Å². The number of ether oxygens (including phenoxy) is 1. The molecule has 0 saturated carbocycles. The number of nitrogen functional groups attached to an aromatic ring is 1. The highest BCUT2D eigenvalue weighted by atomic mass is 16.5. The lowest BCUT2D eigenvalue weighted by atomic mass is 9.99. The molecule has 1 aliphatic rings. The Morgan fingerprint density at radius 1 is 1.06 bits per heavy atom. The minimum absolute atomic E-state index is 0.131. The van der Waals surface area contributed by atoms with Gasteiger partial charge >= 0.3 is 0 Å². The van der Waals surface area contributed by atoms with Gasteiger partial charge < -0.3 is 15.6 Å². The molecule has 1 heterocycles. The molecule has 0 saturated heterocycles. The van der Waals surface area contributed by atoms with Crippen molar-refractivity contribution in [3.8, 4) is 17.2 Å². The summed E-state index contributed by atoms with van der Waals surface area (Å²) in [7, 11) is 0. The SMILES string of the molecule is Nc1ccc2c(c1O)Cc1ccccc1O2. The maximum Gasteiger partial charge on any atom is 0.145 e. The van der Waals surface area contributed by atoms with Crippen LogP contribution in [0.4, 0.5) is 5.69 Å². The zero-order chi connectivity index (χ0) is 11.1. The lowest BCUT2D eigenvalue weighted by Crippen LogP contribution is -2.04. The summed E-state index contributed by atoms with van der Waals surface area (Å²) >= 11 is 0. The molecule has 0 fully saturated rings. The number of hydrogen-bond donors (Lipinski definition) is 2. The van der Waals surface area contributed by atoms with Crippen LogP contribution in [0.3, 0.4) is 0 Å². The van der Waals surface area contributed by atoms with Crippen LogP contribution in [-0.2, 0) is 6.42 Å². The number of nitrogens with two attached hydrogens (primary N) is 1. The number of phenols is 1. The molecular weight excluding hydrogens is 202 g/mol. The minimum atomic E-state index is 0.131. The highest BCUT2D eigenvalue weighted by molar-refractivity contribution is 5.64.